The molecule has 1 aliphatic rings. The van der Waals surface area contributed by atoms with Gasteiger partial charge in [0.05, 0.1) is 5.69 Å². The monoisotopic (exact) mass is 330 g/mol. The average Bonchev–Trinajstić information content (AvgIpc) is 3.03. The zero-order chi connectivity index (χ0) is 15.9. The van der Waals surface area contributed by atoms with Crippen LogP contribution in [0.2, 0.25) is 0 Å². The van der Waals surface area contributed by atoms with Crippen LogP contribution in [-0.2, 0) is 19.4 Å². The number of benzene rings is 1. The number of hydrogen-bond acceptors (Lipinski definition) is 5. The van der Waals surface area contributed by atoms with E-state index in [4.69, 9.17) is 0 Å². The van der Waals surface area contributed by atoms with E-state index in [1.54, 1.807) is 11.3 Å². The van der Waals surface area contributed by atoms with Crippen molar-refractivity contribution < 1.29 is 0 Å². The molecule has 23 heavy (non-hydrogen) atoms. The second-order valence-electron chi connectivity index (χ2n) is 6.02. The van der Waals surface area contributed by atoms with Gasteiger partial charge in [0.1, 0.15) is 0 Å². The Bertz CT molecular complexity index is 587. The maximum absolute atomic E-state index is 4.60. The molecule has 2 heterocycles. The Morgan fingerprint density at radius 3 is 2.61 bits per heavy atom. The molecule has 1 aromatic carbocycles. The summed E-state index contributed by atoms with van der Waals surface area (Å²) in [4.78, 5) is 7.12. The van der Waals surface area contributed by atoms with Crippen LogP contribution in [-0.4, -0.2) is 42.6 Å². The summed E-state index contributed by atoms with van der Waals surface area (Å²) in [5.41, 5.74) is 4.00. The van der Waals surface area contributed by atoms with Crippen LogP contribution in [0.4, 0.5) is 5.13 Å². The molecule has 4 nitrogen and oxygen atoms in total. The first-order valence-corrected chi connectivity index (χ1v) is 9.40. The number of anilines is 1. The summed E-state index contributed by atoms with van der Waals surface area (Å²) < 4.78 is 0. The SMILES string of the molecule is CCNc1nc(CCc2ccc(CN3CCNCC3)cc2)cs1. The fourth-order valence-corrected chi connectivity index (χ4v) is 3.68. The standard InChI is InChI=1S/C18H26N4S/c1-2-20-18-21-17(14-23-18)8-7-15-3-5-16(6-4-15)13-22-11-9-19-10-12-22/h3-6,14,19H,2,7-13H2,1H3,(H,20,21). The lowest BCUT2D eigenvalue weighted by Gasteiger charge is -2.27. The van der Waals surface area contributed by atoms with Gasteiger partial charge in [-0.2, -0.15) is 0 Å². The van der Waals surface area contributed by atoms with Crippen LogP contribution >= 0.6 is 11.3 Å². The van der Waals surface area contributed by atoms with Gasteiger partial charge in [0.2, 0.25) is 0 Å². The van der Waals surface area contributed by atoms with E-state index in [-0.39, 0.29) is 0 Å². The average molecular weight is 331 g/mol. The number of nitrogens with zero attached hydrogens (tertiary/aromatic N) is 2. The molecule has 1 saturated heterocycles. The van der Waals surface area contributed by atoms with Crippen LogP contribution in [0.25, 0.3) is 0 Å². The van der Waals surface area contributed by atoms with Crippen LogP contribution in [0.1, 0.15) is 23.7 Å². The number of nitrogens with one attached hydrogen (secondary N) is 2. The predicted molar refractivity (Wildman–Crippen MR) is 98.3 cm³/mol. The van der Waals surface area contributed by atoms with Gasteiger partial charge in [-0.3, -0.25) is 4.90 Å². The van der Waals surface area contributed by atoms with Crippen molar-refractivity contribution >= 4 is 16.5 Å². The van der Waals surface area contributed by atoms with Crippen molar-refractivity contribution in [3.05, 3.63) is 46.5 Å². The van der Waals surface area contributed by atoms with E-state index in [1.807, 2.05) is 0 Å². The van der Waals surface area contributed by atoms with E-state index in [0.29, 0.717) is 0 Å². The molecule has 1 aliphatic heterocycles. The summed E-state index contributed by atoms with van der Waals surface area (Å²) in [7, 11) is 0. The molecule has 1 aromatic heterocycles. The Balaban J connectivity index is 1.48. The first kappa shape index (κ1) is 16.4. The van der Waals surface area contributed by atoms with Gasteiger partial charge in [0.25, 0.3) is 0 Å². The minimum absolute atomic E-state index is 0.932. The van der Waals surface area contributed by atoms with Gasteiger partial charge in [0, 0.05) is 44.6 Å². The molecule has 2 aromatic rings. The Kier molecular flexibility index (Phi) is 6.02. The molecule has 1 fully saturated rings. The van der Waals surface area contributed by atoms with E-state index in [9.17, 15) is 0 Å². The van der Waals surface area contributed by atoms with Gasteiger partial charge in [0.15, 0.2) is 5.13 Å². The van der Waals surface area contributed by atoms with E-state index >= 15 is 0 Å². The van der Waals surface area contributed by atoms with E-state index < -0.39 is 0 Å². The molecule has 2 N–H and O–H groups in total. The van der Waals surface area contributed by atoms with Gasteiger partial charge in [-0.15, -0.1) is 11.3 Å². The minimum Gasteiger partial charge on any atom is -0.362 e. The molecule has 0 spiro atoms. The third-order valence-electron chi connectivity index (χ3n) is 4.19. The molecule has 0 unspecified atom stereocenters. The molecule has 0 aliphatic carbocycles. The van der Waals surface area contributed by atoms with Crippen LogP contribution in [0.5, 0.6) is 0 Å². The highest BCUT2D eigenvalue weighted by Gasteiger charge is 2.09. The van der Waals surface area contributed by atoms with Gasteiger partial charge in [-0.25, -0.2) is 4.98 Å². The molecular formula is C18H26N4S. The maximum atomic E-state index is 4.60. The highest BCUT2D eigenvalue weighted by molar-refractivity contribution is 7.13. The molecule has 0 atom stereocenters. The van der Waals surface area contributed by atoms with Gasteiger partial charge >= 0.3 is 0 Å². The lowest BCUT2D eigenvalue weighted by atomic mass is 10.1. The molecular weight excluding hydrogens is 304 g/mol. The number of rotatable bonds is 7. The molecule has 0 bridgehead atoms. The normalized spacial score (nSPS) is 15.7. The predicted octanol–water partition coefficient (Wildman–Crippen LogP) is 2.77. The molecule has 0 amide bonds. The minimum atomic E-state index is 0.932. The largest absolute Gasteiger partial charge is 0.362 e. The number of thiazole rings is 1. The van der Waals surface area contributed by atoms with E-state index in [2.05, 4.69) is 57.1 Å². The molecule has 5 heteroatoms. The number of hydrogen-bond donors (Lipinski definition) is 2. The summed E-state index contributed by atoms with van der Waals surface area (Å²) in [6.07, 6.45) is 2.07. The summed E-state index contributed by atoms with van der Waals surface area (Å²) >= 11 is 1.70. The molecule has 3 rings (SSSR count). The van der Waals surface area contributed by atoms with Crippen LogP contribution in [0.15, 0.2) is 29.6 Å². The quantitative estimate of drug-likeness (QED) is 0.819. The summed E-state index contributed by atoms with van der Waals surface area (Å²) in [5.74, 6) is 0. The Morgan fingerprint density at radius 1 is 1.13 bits per heavy atom. The first-order valence-electron chi connectivity index (χ1n) is 8.52. The molecule has 124 valence electrons. The Morgan fingerprint density at radius 2 is 1.87 bits per heavy atom. The number of aryl methyl sites for hydroxylation is 2. The van der Waals surface area contributed by atoms with Gasteiger partial charge < -0.3 is 10.6 Å². The fourth-order valence-electron chi connectivity index (χ4n) is 2.87. The van der Waals surface area contributed by atoms with Crippen LogP contribution in [0, 0.1) is 0 Å². The second-order valence-corrected chi connectivity index (χ2v) is 6.88. The lowest BCUT2D eigenvalue weighted by Crippen LogP contribution is -2.42. The zero-order valence-corrected chi connectivity index (χ0v) is 14.7. The number of aromatic nitrogens is 1. The first-order chi connectivity index (χ1) is 11.3. The van der Waals surface area contributed by atoms with Crippen molar-refractivity contribution in [3.63, 3.8) is 0 Å². The second kappa shape index (κ2) is 8.43. The topological polar surface area (TPSA) is 40.2 Å². The van der Waals surface area contributed by atoms with Gasteiger partial charge in [-0.1, -0.05) is 24.3 Å². The van der Waals surface area contributed by atoms with Crippen LogP contribution in [0.3, 0.4) is 0 Å². The zero-order valence-electron chi connectivity index (χ0n) is 13.8. The van der Waals surface area contributed by atoms with Crippen LogP contribution < -0.4 is 10.6 Å². The number of piperazine rings is 1. The summed E-state index contributed by atoms with van der Waals surface area (Å²) in [5, 5.41) is 9.87. The van der Waals surface area contributed by atoms with Crippen molar-refractivity contribution in [3.8, 4) is 0 Å². The Labute approximate surface area is 142 Å². The van der Waals surface area contributed by atoms with Crippen molar-refractivity contribution in [2.75, 3.05) is 38.0 Å². The lowest BCUT2D eigenvalue weighted by molar-refractivity contribution is 0.233. The highest BCUT2D eigenvalue weighted by atomic mass is 32.1. The van der Waals surface area contributed by atoms with Crippen molar-refractivity contribution in [1.82, 2.24) is 15.2 Å². The third kappa shape index (κ3) is 5.03. The smallest absolute Gasteiger partial charge is 0.182 e. The third-order valence-corrected chi connectivity index (χ3v) is 5.04. The summed E-state index contributed by atoms with van der Waals surface area (Å²) in [6.45, 7) is 8.63. The Hall–Kier alpha value is -1.43. The highest BCUT2D eigenvalue weighted by Crippen LogP contribution is 2.17. The van der Waals surface area contributed by atoms with E-state index in [0.717, 1.165) is 57.2 Å². The molecule has 0 radical (unpaired) electrons. The summed E-state index contributed by atoms with van der Waals surface area (Å²) in [6, 6.07) is 9.11. The van der Waals surface area contributed by atoms with Crippen molar-refractivity contribution in [1.29, 1.82) is 0 Å². The van der Waals surface area contributed by atoms with Gasteiger partial charge in [-0.05, 0) is 30.9 Å². The maximum Gasteiger partial charge on any atom is 0.182 e. The van der Waals surface area contributed by atoms with Crippen molar-refractivity contribution in [2.45, 2.75) is 26.3 Å². The molecule has 0 saturated carbocycles. The fraction of sp³-hybridized carbons (Fsp3) is 0.500. The van der Waals surface area contributed by atoms with E-state index in [1.165, 1.54) is 16.8 Å². The van der Waals surface area contributed by atoms with Crippen molar-refractivity contribution in [2.24, 2.45) is 0 Å².